The van der Waals surface area contributed by atoms with Gasteiger partial charge in [-0.3, -0.25) is 0 Å². The molecule has 0 aliphatic heterocycles. The molecule has 21 heavy (non-hydrogen) atoms. The van der Waals surface area contributed by atoms with E-state index < -0.39 is 11.8 Å². The minimum Gasteiger partial charge on any atom is -0.504 e. The van der Waals surface area contributed by atoms with Crippen molar-refractivity contribution in [2.45, 2.75) is 6.61 Å². The number of methoxy groups -OCH3 is 1. The minimum atomic E-state index is -0.756. The van der Waals surface area contributed by atoms with Crippen molar-refractivity contribution in [2.75, 3.05) is 7.11 Å². The predicted octanol–water partition coefficient (Wildman–Crippen LogP) is 3.66. The lowest BCUT2D eigenvalue weighted by atomic mass is 10.2. The first-order valence-electron chi connectivity index (χ1n) is 6.00. The maximum atomic E-state index is 13.6. The Morgan fingerprint density at radius 1 is 1.33 bits per heavy atom. The van der Waals surface area contributed by atoms with Crippen LogP contribution in [-0.4, -0.2) is 18.2 Å². The van der Waals surface area contributed by atoms with Crippen molar-refractivity contribution in [3.63, 3.8) is 0 Å². The van der Waals surface area contributed by atoms with E-state index in [1.807, 2.05) is 0 Å². The lowest BCUT2D eigenvalue weighted by molar-refractivity contribution is 0.0465. The quantitative estimate of drug-likeness (QED) is 0.851. The van der Waals surface area contributed by atoms with Gasteiger partial charge in [0.05, 0.1) is 7.11 Å². The van der Waals surface area contributed by atoms with Crippen molar-refractivity contribution < 1.29 is 23.8 Å². The third-order valence-electron chi connectivity index (χ3n) is 2.81. The molecule has 0 atom stereocenters. The molecule has 2 rings (SSSR count). The van der Waals surface area contributed by atoms with Gasteiger partial charge in [0.2, 0.25) is 0 Å². The van der Waals surface area contributed by atoms with E-state index in [0.29, 0.717) is 4.47 Å². The molecule has 0 unspecified atom stereocenters. The van der Waals surface area contributed by atoms with Crippen molar-refractivity contribution in [2.24, 2.45) is 0 Å². The normalized spacial score (nSPS) is 10.2. The number of benzene rings is 2. The van der Waals surface area contributed by atoms with Gasteiger partial charge in [0.1, 0.15) is 18.0 Å². The van der Waals surface area contributed by atoms with E-state index in [2.05, 4.69) is 15.9 Å². The molecule has 6 heteroatoms. The number of ether oxygens (including phenoxy) is 2. The number of rotatable bonds is 4. The molecule has 2 aromatic rings. The zero-order valence-electron chi connectivity index (χ0n) is 11.1. The summed E-state index contributed by atoms with van der Waals surface area (Å²) in [7, 11) is 1.38. The summed E-state index contributed by atoms with van der Waals surface area (Å²) in [5, 5.41) is 9.84. The SMILES string of the molecule is COc1cccc(C(=O)OCc2ccc(Br)cc2F)c1O. The second kappa shape index (κ2) is 6.58. The van der Waals surface area contributed by atoms with Gasteiger partial charge in [-0.15, -0.1) is 0 Å². The predicted molar refractivity (Wildman–Crippen MR) is 77.9 cm³/mol. The number of para-hydroxylation sites is 1. The molecule has 0 fully saturated rings. The molecule has 4 nitrogen and oxygen atoms in total. The average Bonchev–Trinajstić information content (AvgIpc) is 2.46. The van der Waals surface area contributed by atoms with Crippen molar-refractivity contribution in [3.8, 4) is 11.5 Å². The van der Waals surface area contributed by atoms with E-state index >= 15 is 0 Å². The Morgan fingerprint density at radius 2 is 2.10 bits per heavy atom. The van der Waals surface area contributed by atoms with Gasteiger partial charge in [-0.25, -0.2) is 9.18 Å². The fourth-order valence-electron chi connectivity index (χ4n) is 1.71. The first-order valence-corrected chi connectivity index (χ1v) is 6.79. The highest BCUT2D eigenvalue weighted by molar-refractivity contribution is 9.10. The number of halogens is 2. The van der Waals surface area contributed by atoms with E-state index in [9.17, 15) is 14.3 Å². The van der Waals surface area contributed by atoms with Crippen LogP contribution in [0.25, 0.3) is 0 Å². The maximum absolute atomic E-state index is 13.6. The fraction of sp³-hybridized carbons (Fsp3) is 0.133. The molecular formula is C15H12BrFO4. The smallest absolute Gasteiger partial charge is 0.342 e. The molecule has 0 aliphatic rings. The topological polar surface area (TPSA) is 55.8 Å². The van der Waals surface area contributed by atoms with Crippen LogP contribution in [0.4, 0.5) is 4.39 Å². The summed E-state index contributed by atoms with van der Waals surface area (Å²) in [6, 6.07) is 8.91. The van der Waals surface area contributed by atoms with Crippen LogP contribution in [0.15, 0.2) is 40.9 Å². The van der Waals surface area contributed by atoms with Crippen LogP contribution in [0.2, 0.25) is 0 Å². The summed E-state index contributed by atoms with van der Waals surface area (Å²) in [4.78, 5) is 11.9. The van der Waals surface area contributed by atoms with Crippen LogP contribution >= 0.6 is 15.9 Å². The van der Waals surface area contributed by atoms with Crippen LogP contribution in [0.1, 0.15) is 15.9 Å². The van der Waals surface area contributed by atoms with Crippen LogP contribution in [0.5, 0.6) is 11.5 Å². The third kappa shape index (κ3) is 3.52. The molecule has 0 bridgehead atoms. The van der Waals surface area contributed by atoms with Crippen molar-refractivity contribution >= 4 is 21.9 Å². The zero-order valence-corrected chi connectivity index (χ0v) is 12.7. The molecule has 0 spiro atoms. The number of carbonyl (C=O) groups excluding carboxylic acids is 1. The largest absolute Gasteiger partial charge is 0.504 e. The lowest BCUT2D eigenvalue weighted by Gasteiger charge is -2.09. The lowest BCUT2D eigenvalue weighted by Crippen LogP contribution is -2.07. The molecule has 0 heterocycles. The van der Waals surface area contributed by atoms with E-state index in [1.165, 1.54) is 31.4 Å². The number of phenols is 1. The summed E-state index contributed by atoms with van der Waals surface area (Å²) in [6.07, 6.45) is 0. The first kappa shape index (κ1) is 15.3. The highest BCUT2D eigenvalue weighted by Gasteiger charge is 2.16. The van der Waals surface area contributed by atoms with E-state index in [4.69, 9.17) is 9.47 Å². The Kier molecular flexibility index (Phi) is 4.80. The highest BCUT2D eigenvalue weighted by atomic mass is 79.9. The Hall–Kier alpha value is -2.08. The molecule has 1 N–H and O–H groups in total. The monoisotopic (exact) mass is 354 g/mol. The van der Waals surface area contributed by atoms with Gasteiger partial charge in [-0.2, -0.15) is 0 Å². The summed E-state index contributed by atoms with van der Waals surface area (Å²) in [6.45, 7) is -0.228. The van der Waals surface area contributed by atoms with Crippen LogP contribution < -0.4 is 4.74 Å². The molecule has 2 aromatic carbocycles. The molecule has 0 saturated heterocycles. The van der Waals surface area contributed by atoms with Gasteiger partial charge in [0.25, 0.3) is 0 Å². The summed E-state index contributed by atoms with van der Waals surface area (Å²) in [5.41, 5.74) is 0.209. The average molecular weight is 355 g/mol. The number of carbonyl (C=O) groups is 1. The molecule has 0 aliphatic carbocycles. The number of esters is 1. The molecule has 0 aromatic heterocycles. The Bertz CT molecular complexity index is 673. The van der Waals surface area contributed by atoms with E-state index in [1.54, 1.807) is 12.1 Å². The number of hydrogen-bond donors (Lipinski definition) is 1. The Balaban J connectivity index is 2.12. The van der Waals surface area contributed by atoms with E-state index in [0.717, 1.165) is 0 Å². The van der Waals surface area contributed by atoms with Crippen LogP contribution in [-0.2, 0) is 11.3 Å². The molecule has 110 valence electrons. The standard InChI is InChI=1S/C15H12BrFO4/c1-20-13-4-2-3-11(14(13)18)15(19)21-8-9-5-6-10(16)7-12(9)17/h2-7,18H,8H2,1H3. The maximum Gasteiger partial charge on any atom is 0.342 e. The van der Waals surface area contributed by atoms with Crippen LogP contribution in [0.3, 0.4) is 0 Å². The highest BCUT2D eigenvalue weighted by Crippen LogP contribution is 2.30. The van der Waals surface area contributed by atoms with Gasteiger partial charge < -0.3 is 14.6 Å². The zero-order chi connectivity index (χ0) is 15.4. The number of phenolic OH excluding ortho intramolecular Hbond substituents is 1. The Labute approximate surface area is 129 Å². The molecule has 0 radical (unpaired) electrons. The summed E-state index contributed by atoms with van der Waals surface area (Å²) >= 11 is 3.14. The molecular weight excluding hydrogens is 343 g/mol. The van der Waals surface area contributed by atoms with Gasteiger partial charge in [-0.05, 0) is 24.3 Å². The first-order chi connectivity index (χ1) is 10.0. The van der Waals surface area contributed by atoms with E-state index in [-0.39, 0.29) is 29.2 Å². The van der Waals surface area contributed by atoms with Gasteiger partial charge >= 0.3 is 5.97 Å². The summed E-state index contributed by atoms with van der Waals surface area (Å²) < 4.78 is 24.1. The molecule has 0 saturated carbocycles. The number of hydrogen-bond acceptors (Lipinski definition) is 4. The number of aromatic hydroxyl groups is 1. The second-order valence-corrected chi connectivity index (χ2v) is 5.08. The minimum absolute atomic E-state index is 0.0353. The molecule has 0 amide bonds. The van der Waals surface area contributed by atoms with Gasteiger partial charge in [0.15, 0.2) is 11.5 Å². The van der Waals surface area contributed by atoms with Crippen molar-refractivity contribution in [1.82, 2.24) is 0 Å². The van der Waals surface area contributed by atoms with Crippen LogP contribution in [0, 0.1) is 5.82 Å². The van der Waals surface area contributed by atoms with Gasteiger partial charge in [0, 0.05) is 10.0 Å². The third-order valence-corrected chi connectivity index (χ3v) is 3.31. The van der Waals surface area contributed by atoms with Crippen molar-refractivity contribution in [3.05, 3.63) is 57.8 Å². The Morgan fingerprint density at radius 3 is 2.76 bits per heavy atom. The summed E-state index contributed by atoms with van der Waals surface area (Å²) in [5.74, 6) is -1.37. The van der Waals surface area contributed by atoms with Crippen molar-refractivity contribution in [1.29, 1.82) is 0 Å². The second-order valence-electron chi connectivity index (χ2n) is 4.17. The van der Waals surface area contributed by atoms with Gasteiger partial charge in [-0.1, -0.05) is 28.1 Å². The fourth-order valence-corrected chi connectivity index (χ4v) is 2.04.